The van der Waals surface area contributed by atoms with Crippen molar-refractivity contribution in [1.29, 1.82) is 0 Å². The number of hydrogen-bond acceptors (Lipinski definition) is 3. The van der Waals surface area contributed by atoms with Crippen LogP contribution < -0.4 is 10.2 Å². The third kappa shape index (κ3) is 3.07. The van der Waals surface area contributed by atoms with Crippen LogP contribution in [-0.4, -0.2) is 17.8 Å². The van der Waals surface area contributed by atoms with E-state index >= 15 is 0 Å². The van der Waals surface area contributed by atoms with Gasteiger partial charge in [-0.05, 0) is 35.9 Å². The van der Waals surface area contributed by atoms with Gasteiger partial charge < -0.3 is 0 Å². The molecule has 4 amide bonds. The zero-order chi connectivity index (χ0) is 16.4. The third-order valence-corrected chi connectivity index (χ3v) is 3.83. The number of imide groups is 2. The van der Waals surface area contributed by atoms with Crippen molar-refractivity contribution in [3.63, 3.8) is 0 Å². The largest absolute Gasteiger partial charge is 0.335 e. The Morgan fingerprint density at radius 1 is 0.913 bits per heavy atom. The Morgan fingerprint density at radius 3 is 2.22 bits per heavy atom. The van der Waals surface area contributed by atoms with Crippen LogP contribution in [0.15, 0.2) is 64.6 Å². The van der Waals surface area contributed by atoms with Gasteiger partial charge in [-0.15, -0.1) is 0 Å². The van der Waals surface area contributed by atoms with Gasteiger partial charge in [0.2, 0.25) is 0 Å². The Kier molecular flexibility index (Phi) is 4.08. The van der Waals surface area contributed by atoms with Crippen LogP contribution in [0.2, 0.25) is 0 Å². The highest BCUT2D eigenvalue weighted by Gasteiger charge is 2.36. The highest BCUT2D eigenvalue weighted by atomic mass is 79.9. The van der Waals surface area contributed by atoms with E-state index in [1.54, 1.807) is 54.6 Å². The highest BCUT2D eigenvalue weighted by molar-refractivity contribution is 9.10. The van der Waals surface area contributed by atoms with Crippen LogP contribution in [0.1, 0.15) is 5.56 Å². The maximum atomic E-state index is 12.6. The summed E-state index contributed by atoms with van der Waals surface area (Å²) in [6.45, 7) is 0. The summed E-state index contributed by atoms with van der Waals surface area (Å²) < 4.78 is 0.889. The Bertz CT molecular complexity index is 813. The van der Waals surface area contributed by atoms with E-state index < -0.39 is 17.8 Å². The number of hydrogen-bond donors (Lipinski definition) is 1. The molecule has 0 aromatic heterocycles. The summed E-state index contributed by atoms with van der Waals surface area (Å²) in [4.78, 5) is 37.5. The first-order valence-electron chi connectivity index (χ1n) is 6.78. The summed E-state index contributed by atoms with van der Waals surface area (Å²) in [6.07, 6.45) is 1.46. The fourth-order valence-corrected chi connectivity index (χ4v) is 2.46. The first kappa shape index (κ1) is 15.2. The van der Waals surface area contributed by atoms with Crippen LogP contribution in [0.4, 0.5) is 10.5 Å². The lowest BCUT2D eigenvalue weighted by molar-refractivity contribution is -0.122. The standard InChI is InChI=1S/C17H11BrN2O3/c18-12-8-6-11(7-9-12)10-14-15(21)19-17(23)20(16(14)22)13-4-2-1-3-5-13/h1-10H,(H,19,21,23)/b14-10+. The van der Waals surface area contributed by atoms with Gasteiger partial charge in [-0.1, -0.05) is 46.3 Å². The molecule has 2 aromatic rings. The van der Waals surface area contributed by atoms with Crippen LogP contribution in [0, 0.1) is 0 Å². The van der Waals surface area contributed by atoms with Crippen molar-refractivity contribution in [3.8, 4) is 0 Å². The lowest BCUT2D eigenvalue weighted by atomic mass is 10.1. The predicted molar refractivity (Wildman–Crippen MR) is 89.6 cm³/mol. The zero-order valence-electron chi connectivity index (χ0n) is 11.8. The second-order valence-electron chi connectivity index (χ2n) is 4.84. The molecule has 0 radical (unpaired) electrons. The summed E-state index contributed by atoms with van der Waals surface area (Å²) >= 11 is 3.32. The molecule has 1 heterocycles. The molecule has 5 nitrogen and oxygen atoms in total. The molecule has 0 aliphatic carbocycles. The molecule has 0 spiro atoms. The molecule has 0 saturated carbocycles. The number of carbonyl (C=O) groups excluding carboxylic acids is 3. The highest BCUT2D eigenvalue weighted by Crippen LogP contribution is 2.21. The number of urea groups is 1. The van der Waals surface area contributed by atoms with E-state index in [9.17, 15) is 14.4 Å². The van der Waals surface area contributed by atoms with Crippen LogP contribution in [0.3, 0.4) is 0 Å². The molecule has 0 unspecified atom stereocenters. The molecule has 1 aliphatic rings. The van der Waals surface area contributed by atoms with Gasteiger partial charge in [-0.2, -0.15) is 0 Å². The molecule has 0 bridgehead atoms. The quantitative estimate of drug-likeness (QED) is 0.652. The maximum Gasteiger partial charge on any atom is 0.335 e. The Morgan fingerprint density at radius 2 is 1.57 bits per heavy atom. The molecule has 1 saturated heterocycles. The number of rotatable bonds is 2. The lowest BCUT2D eigenvalue weighted by Gasteiger charge is -2.26. The SMILES string of the molecule is O=C1NC(=O)N(c2ccccc2)C(=O)/C1=C/c1ccc(Br)cc1. The minimum atomic E-state index is -0.751. The maximum absolute atomic E-state index is 12.6. The summed E-state index contributed by atoms with van der Waals surface area (Å²) in [5, 5.41) is 2.19. The average Bonchev–Trinajstić information content (AvgIpc) is 2.54. The van der Waals surface area contributed by atoms with Gasteiger partial charge in [0.15, 0.2) is 0 Å². The van der Waals surface area contributed by atoms with Crippen molar-refractivity contribution in [1.82, 2.24) is 5.32 Å². The zero-order valence-corrected chi connectivity index (χ0v) is 13.4. The lowest BCUT2D eigenvalue weighted by Crippen LogP contribution is -2.54. The van der Waals surface area contributed by atoms with E-state index in [0.717, 1.165) is 9.37 Å². The molecule has 6 heteroatoms. The molecule has 0 atom stereocenters. The van der Waals surface area contributed by atoms with Crippen LogP contribution >= 0.6 is 15.9 Å². The van der Waals surface area contributed by atoms with Gasteiger partial charge in [0.25, 0.3) is 11.8 Å². The van der Waals surface area contributed by atoms with E-state index in [1.165, 1.54) is 6.08 Å². The predicted octanol–water partition coefficient (Wildman–Crippen LogP) is 3.12. The van der Waals surface area contributed by atoms with E-state index in [1.807, 2.05) is 0 Å². The molecule has 1 N–H and O–H groups in total. The molecular weight excluding hydrogens is 360 g/mol. The summed E-state index contributed by atoms with van der Waals surface area (Å²) in [5.41, 5.74) is 1.01. The first-order valence-corrected chi connectivity index (χ1v) is 7.57. The van der Waals surface area contributed by atoms with Gasteiger partial charge in [0.1, 0.15) is 5.57 Å². The molecular formula is C17H11BrN2O3. The topological polar surface area (TPSA) is 66.5 Å². The first-order chi connectivity index (χ1) is 11.1. The molecule has 2 aromatic carbocycles. The van der Waals surface area contributed by atoms with Crippen molar-refractivity contribution < 1.29 is 14.4 Å². The third-order valence-electron chi connectivity index (χ3n) is 3.30. The second kappa shape index (κ2) is 6.18. The smallest absolute Gasteiger partial charge is 0.273 e. The minimum absolute atomic E-state index is 0.0872. The van der Waals surface area contributed by atoms with Crippen molar-refractivity contribution in [2.45, 2.75) is 0 Å². The summed E-state index contributed by atoms with van der Waals surface area (Å²) in [6, 6.07) is 14.8. The van der Waals surface area contributed by atoms with Crippen molar-refractivity contribution in [2.24, 2.45) is 0 Å². The van der Waals surface area contributed by atoms with Gasteiger partial charge in [0.05, 0.1) is 5.69 Å². The number of barbiturate groups is 1. The fourth-order valence-electron chi connectivity index (χ4n) is 2.19. The monoisotopic (exact) mass is 370 g/mol. The molecule has 23 heavy (non-hydrogen) atoms. The number of carbonyl (C=O) groups is 3. The number of nitrogens with zero attached hydrogens (tertiary/aromatic N) is 1. The molecule has 1 fully saturated rings. The van der Waals surface area contributed by atoms with Gasteiger partial charge in [-0.25, -0.2) is 9.69 Å². The normalized spacial score (nSPS) is 16.7. The Hall–Kier alpha value is -2.73. The van der Waals surface area contributed by atoms with Crippen LogP contribution in [0.25, 0.3) is 6.08 Å². The summed E-state index contributed by atoms with van der Waals surface area (Å²) in [5.74, 6) is -1.34. The Labute approximate surface area is 140 Å². The van der Waals surface area contributed by atoms with Crippen molar-refractivity contribution in [2.75, 3.05) is 4.90 Å². The fraction of sp³-hybridized carbons (Fsp3) is 0. The minimum Gasteiger partial charge on any atom is -0.273 e. The van der Waals surface area contributed by atoms with E-state index in [0.29, 0.717) is 11.3 Å². The molecule has 1 aliphatic heterocycles. The van der Waals surface area contributed by atoms with Crippen molar-refractivity contribution >= 4 is 45.5 Å². The van der Waals surface area contributed by atoms with E-state index in [-0.39, 0.29) is 5.57 Å². The number of para-hydroxylation sites is 1. The number of halogens is 1. The number of anilines is 1. The Balaban J connectivity index is 2.00. The van der Waals surface area contributed by atoms with Crippen LogP contribution in [0.5, 0.6) is 0 Å². The van der Waals surface area contributed by atoms with Gasteiger partial charge >= 0.3 is 6.03 Å². The van der Waals surface area contributed by atoms with Gasteiger partial charge in [0, 0.05) is 4.47 Å². The number of amides is 4. The second-order valence-corrected chi connectivity index (χ2v) is 5.76. The molecule has 114 valence electrons. The summed E-state index contributed by atoms with van der Waals surface area (Å²) in [7, 11) is 0. The molecule has 3 rings (SSSR count). The number of nitrogens with one attached hydrogen (secondary N) is 1. The number of benzene rings is 2. The average molecular weight is 371 g/mol. The van der Waals surface area contributed by atoms with Crippen molar-refractivity contribution in [3.05, 3.63) is 70.2 Å². The van der Waals surface area contributed by atoms with E-state index in [4.69, 9.17) is 0 Å². The van der Waals surface area contributed by atoms with Crippen LogP contribution in [-0.2, 0) is 9.59 Å². The van der Waals surface area contributed by atoms with E-state index in [2.05, 4.69) is 21.2 Å². The van der Waals surface area contributed by atoms with Gasteiger partial charge in [-0.3, -0.25) is 14.9 Å².